The Hall–Kier alpha value is -2.35. The molecular formula is C22H29N5O2S. The van der Waals surface area contributed by atoms with Gasteiger partial charge in [0.1, 0.15) is 0 Å². The van der Waals surface area contributed by atoms with Gasteiger partial charge in [0.25, 0.3) is 5.56 Å². The normalized spacial score (nSPS) is 19.6. The first-order valence-electron chi connectivity index (χ1n) is 10.8. The van der Waals surface area contributed by atoms with Crippen LogP contribution in [-0.4, -0.2) is 47.8 Å². The molecule has 2 atom stereocenters. The lowest BCUT2D eigenvalue weighted by Crippen LogP contribution is -2.48. The summed E-state index contributed by atoms with van der Waals surface area (Å²) in [4.78, 5) is 28.0. The lowest BCUT2D eigenvalue weighted by molar-refractivity contribution is -0.134. The molecule has 0 unspecified atom stereocenters. The number of carbonyl (C=O) groups is 1. The third-order valence-electron chi connectivity index (χ3n) is 6.02. The number of amides is 1. The summed E-state index contributed by atoms with van der Waals surface area (Å²) in [6, 6.07) is 8.09. The van der Waals surface area contributed by atoms with E-state index in [1.54, 1.807) is 4.57 Å². The summed E-state index contributed by atoms with van der Waals surface area (Å²) in [6.07, 6.45) is 5.18. The van der Waals surface area contributed by atoms with Crippen molar-refractivity contribution in [3.05, 3.63) is 34.6 Å². The number of likely N-dealkylation sites (tertiary alicyclic amines) is 1. The number of nitrogens with zero attached hydrogens (tertiary/aromatic N) is 5. The van der Waals surface area contributed by atoms with Gasteiger partial charge in [0.2, 0.25) is 11.7 Å². The third-order valence-corrected chi connectivity index (χ3v) is 6.93. The average Bonchev–Trinajstić information content (AvgIpc) is 3.16. The maximum atomic E-state index is 13.0. The van der Waals surface area contributed by atoms with Gasteiger partial charge in [-0.3, -0.25) is 18.6 Å². The Kier molecular flexibility index (Phi) is 6.13. The van der Waals surface area contributed by atoms with Gasteiger partial charge in [0.05, 0.1) is 16.7 Å². The monoisotopic (exact) mass is 427 g/mol. The molecule has 1 aliphatic heterocycles. The van der Waals surface area contributed by atoms with Crippen LogP contribution in [0.15, 0.2) is 34.2 Å². The number of unbranched alkanes of at least 4 members (excludes halogenated alkanes) is 1. The second-order valence-corrected chi connectivity index (χ2v) is 9.11. The second kappa shape index (κ2) is 8.79. The van der Waals surface area contributed by atoms with E-state index in [0.29, 0.717) is 28.6 Å². The van der Waals surface area contributed by atoms with Crippen LogP contribution >= 0.6 is 11.8 Å². The van der Waals surface area contributed by atoms with Crippen molar-refractivity contribution in [1.82, 2.24) is 24.1 Å². The lowest BCUT2D eigenvalue weighted by Gasteiger charge is -2.39. The van der Waals surface area contributed by atoms with Gasteiger partial charge in [-0.1, -0.05) is 37.2 Å². The highest BCUT2D eigenvalue weighted by molar-refractivity contribution is 7.99. The first-order chi connectivity index (χ1) is 14.5. The minimum atomic E-state index is -0.0393. The number of carbonyl (C=O) groups excluding carboxylic acids is 1. The summed E-state index contributed by atoms with van der Waals surface area (Å²) >= 11 is 1.40. The fraction of sp³-hybridized carbons (Fsp3) is 0.545. The quantitative estimate of drug-likeness (QED) is 0.561. The van der Waals surface area contributed by atoms with Crippen LogP contribution in [0, 0.1) is 0 Å². The molecule has 0 aliphatic carbocycles. The van der Waals surface area contributed by atoms with E-state index in [1.807, 2.05) is 33.6 Å². The molecule has 1 aliphatic rings. The van der Waals surface area contributed by atoms with Crippen molar-refractivity contribution in [3.63, 3.8) is 0 Å². The molecule has 8 heteroatoms. The highest BCUT2D eigenvalue weighted by Gasteiger charge is 2.29. The molecule has 0 saturated carbocycles. The Morgan fingerprint density at radius 3 is 2.63 bits per heavy atom. The fourth-order valence-electron chi connectivity index (χ4n) is 4.46. The molecule has 7 nitrogen and oxygen atoms in total. The maximum absolute atomic E-state index is 13.0. The SMILES string of the molecule is CCCCn1c(=O)c2ccccc2n2c(SCC(=O)N3[C@H](C)CCC[C@H]3C)nnc12. The summed E-state index contributed by atoms with van der Waals surface area (Å²) < 4.78 is 3.63. The van der Waals surface area contributed by atoms with Gasteiger partial charge in [-0.25, -0.2) is 0 Å². The van der Waals surface area contributed by atoms with Gasteiger partial charge in [0, 0.05) is 18.6 Å². The Balaban J connectivity index is 1.69. The molecule has 30 heavy (non-hydrogen) atoms. The van der Waals surface area contributed by atoms with Crippen LogP contribution in [0.5, 0.6) is 0 Å². The first kappa shape index (κ1) is 20.9. The number of piperidine rings is 1. The van der Waals surface area contributed by atoms with Crippen LogP contribution in [-0.2, 0) is 11.3 Å². The minimum absolute atomic E-state index is 0.0393. The molecule has 0 spiro atoms. The van der Waals surface area contributed by atoms with Crippen molar-refractivity contribution >= 4 is 34.3 Å². The number of fused-ring (bicyclic) bond motifs is 3. The van der Waals surface area contributed by atoms with Crippen LogP contribution in [0.1, 0.15) is 52.9 Å². The first-order valence-corrected chi connectivity index (χ1v) is 11.8. The molecule has 4 rings (SSSR count). The van der Waals surface area contributed by atoms with Crippen molar-refractivity contribution in [2.45, 2.75) is 76.7 Å². The topological polar surface area (TPSA) is 72.5 Å². The smallest absolute Gasteiger partial charge is 0.262 e. The molecule has 0 radical (unpaired) electrons. The molecule has 3 heterocycles. The summed E-state index contributed by atoms with van der Waals surface area (Å²) in [5.41, 5.74) is 0.743. The molecule has 160 valence electrons. The van der Waals surface area contributed by atoms with Crippen molar-refractivity contribution < 1.29 is 4.79 Å². The molecule has 3 aromatic rings. The average molecular weight is 428 g/mol. The molecule has 1 saturated heterocycles. The van der Waals surface area contributed by atoms with Crippen LogP contribution in [0.25, 0.3) is 16.7 Å². The number of hydrogen-bond donors (Lipinski definition) is 0. The fourth-order valence-corrected chi connectivity index (χ4v) is 5.27. The van der Waals surface area contributed by atoms with Crippen LogP contribution in [0.3, 0.4) is 0 Å². The zero-order valence-electron chi connectivity index (χ0n) is 17.9. The van der Waals surface area contributed by atoms with Crippen molar-refractivity contribution in [1.29, 1.82) is 0 Å². The molecule has 2 aromatic heterocycles. The van der Waals surface area contributed by atoms with Gasteiger partial charge in [-0.15, -0.1) is 10.2 Å². The van der Waals surface area contributed by atoms with E-state index in [1.165, 1.54) is 18.2 Å². The number of benzene rings is 1. The predicted octanol–water partition coefficient (Wildman–Crippen LogP) is 3.73. The standard InChI is InChI=1S/C22H29N5O2S/c1-4-5-13-25-20(29)17-11-6-7-12-18(17)27-21(25)23-24-22(27)30-14-19(28)26-15(2)9-8-10-16(26)3/h6-7,11-12,15-16H,4-5,8-10,13-14H2,1-3H3/t15-,16-/m1/s1. The van der Waals surface area contributed by atoms with Crippen LogP contribution in [0.2, 0.25) is 0 Å². The Morgan fingerprint density at radius 1 is 1.17 bits per heavy atom. The van der Waals surface area contributed by atoms with E-state index in [0.717, 1.165) is 31.2 Å². The van der Waals surface area contributed by atoms with Crippen LogP contribution in [0.4, 0.5) is 0 Å². The summed E-state index contributed by atoms with van der Waals surface area (Å²) in [7, 11) is 0. The Morgan fingerprint density at radius 2 is 1.90 bits per heavy atom. The third kappa shape index (κ3) is 3.73. The van der Waals surface area contributed by atoms with Crippen molar-refractivity contribution in [2.75, 3.05) is 5.75 Å². The molecule has 1 amide bonds. The number of hydrogen-bond acceptors (Lipinski definition) is 5. The number of thioether (sulfide) groups is 1. The van der Waals surface area contributed by atoms with Crippen molar-refractivity contribution in [2.24, 2.45) is 0 Å². The molecular weight excluding hydrogens is 398 g/mol. The molecule has 0 N–H and O–H groups in total. The van der Waals surface area contributed by atoms with Gasteiger partial charge < -0.3 is 4.90 Å². The summed E-state index contributed by atoms with van der Waals surface area (Å²) in [6.45, 7) is 6.96. The van der Waals surface area contributed by atoms with Crippen molar-refractivity contribution in [3.8, 4) is 0 Å². The predicted molar refractivity (Wildman–Crippen MR) is 120 cm³/mol. The highest BCUT2D eigenvalue weighted by atomic mass is 32.2. The number of para-hydroxylation sites is 1. The number of aromatic nitrogens is 4. The molecule has 0 bridgehead atoms. The van der Waals surface area contributed by atoms with Gasteiger partial charge in [0.15, 0.2) is 5.16 Å². The highest BCUT2D eigenvalue weighted by Crippen LogP contribution is 2.26. The van der Waals surface area contributed by atoms with E-state index in [9.17, 15) is 9.59 Å². The Bertz CT molecular complexity index is 1110. The zero-order chi connectivity index (χ0) is 21.3. The lowest BCUT2D eigenvalue weighted by atomic mass is 9.98. The van der Waals surface area contributed by atoms with E-state index in [4.69, 9.17) is 0 Å². The van der Waals surface area contributed by atoms with Crippen LogP contribution < -0.4 is 5.56 Å². The van der Waals surface area contributed by atoms with Gasteiger partial charge >= 0.3 is 0 Å². The maximum Gasteiger partial charge on any atom is 0.262 e. The summed E-state index contributed by atoms with van der Waals surface area (Å²) in [5, 5.41) is 9.98. The second-order valence-electron chi connectivity index (χ2n) is 8.16. The van der Waals surface area contributed by atoms with Gasteiger partial charge in [-0.2, -0.15) is 0 Å². The largest absolute Gasteiger partial charge is 0.337 e. The van der Waals surface area contributed by atoms with Gasteiger partial charge in [-0.05, 0) is 51.7 Å². The van der Waals surface area contributed by atoms with E-state index < -0.39 is 0 Å². The minimum Gasteiger partial charge on any atom is -0.337 e. The summed E-state index contributed by atoms with van der Waals surface area (Å²) in [5.74, 6) is 1.000. The Labute approximate surface area is 180 Å². The number of rotatable bonds is 6. The van der Waals surface area contributed by atoms with E-state index in [-0.39, 0.29) is 23.6 Å². The van der Waals surface area contributed by atoms with E-state index >= 15 is 0 Å². The molecule has 1 aromatic carbocycles. The van der Waals surface area contributed by atoms with E-state index in [2.05, 4.69) is 31.0 Å². The zero-order valence-corrected chi connectivity index (χ0v) is 18.7. The number of aryl methyl sites for hydroxylation is 1. The molecule has 1 fully saturated rings.